The molecule has 0 aliphatic carbocycles. The largest absolute Gasteiger partial charge is 0.484 e. The number of rotatable bonds is 4. The van der Waals surface area contributed by atoms with Gasteiger partial charge in [-0.15, -0.1) is 0 Å². The maximum atomic E-state index is 12.5. The Kier molecular flexibility index (Phi) is 4.51. The zero-order valence-electron chi connectivity index (χ0n) is 13.4. The minimum atomic E-state index is -0.992. The lowest BCUT2D eigenvalue weighted by Crippen LogP contribution is -2.50. The first-order valence-electron chi connectivity index (χ1n) is 7.83. The third kappa shape index (κ3) is 3.40. The van der Waals surface area contributed by atoms with Gasteiger partial charge >= 0.3 is 5.97 Å². The van der Waals surface area contributed by atoms with Gasteiger partial charge in [-0.1, -0.05) is 36.4 Å². The van der Waals surface area contributed by atoms with Crippen molar-refractivity contribution in [1.82, 2.24) is 4.90 Å². The second-order valence-corrected chi connectivity index (χ2v) is 5.95. The van der Waals surface area contributed by atoms with Crippen LogP contribution in [-0.2, 0) is 22.6 Å². The number of aliphatic carboxylic acids is 1. The number of nitrogens with zero attached hydrogens (tertiary/aromatic N) is 1. The normalized spacial score (nSPS) is 16.4. The first-order chi connectivity index (χ1) is 11.5. The summed E-state index contributed by atoms with van der Waals surface area (Å²) in [6, 6.07) is 14.2. The maximum absolute atomic E-state index is 12.5. The molecule has 0 saturated carbocycles. The van der Waals surface area contributed by atoms with Crippen molar-refractivity contribution in [1.29, 1.82) is 0 Å². The first-order valence-corrected chi connectivity index (χ1v) is 7.83. The van der Waals surface area contributed by atoms with Crippen LogP contribution in [-0.4, -0.2) is 34.5 Å². The third-order valence-corrected chi connectivity index (χ3v) is 4.21. The number of carboxylic acid groups (broad SMARTS) is 1. The molecule has 1 aliphatic rings. The Bertz CT molecular complexity index is 771. The predicted octanol–water partition coefficient (Wildman–Crippen LogP) is 2.41. The van der Waals surface area contributed by atoms with E-state index in [0.717, 1.165) is 16.7 Å². The Hall–Kier alpha value is -2.82. The SMILES string of the molecule is Cc1cccc(OCC(=O)N2Cc3ccccc3CC2C(=O)O)c1. The molecule has 5 heteroatoms. The van der Waals surface area contributed by atoms with Gasteiger partial charge in [0.1, 0.15) is 11.8 Å². The van der Waals surface area contributed by atoms with Gasteiger partial charge < -0.3 is 14.7 Å². The van der Waals surface area contributed by atoms with E-state index in [1.807, 2.05) is 49.4 Å². The Labute approximate surface area is 140 Å². The smallest absolute Gasteiger partial charge is 0.326 e. The van der Waals surface area contributed by atoms with E-state index < -0.39 is 12.0 Å². The van der Waals surface area contributed by atoms with Crippen molar-refractivity contribution in [2.45, 2.75) is 25.9 Å². The second kappa shape index (κ2) is 6.74. The molecule has 1 atom stereocenters. The van der Waals surface area contributed by atoms with Gasteiger partial charge in [0.2, 0.25) is 0 Å². The summed E-state index contributed by atoms with van der Waals surface area (Å²) >= 11 is 0. The van der Waals surface area contributed by atoms with Crippen LogP contribution in [0.4, 0.5) is 0 Å². The van der Waals surface area contributed by atoms with Gasteiger partial charge in [0.05, 0.1) is 0 Å². The molecule has 1 unspecified atom stereocenters. The van der Waals surface area contributed by atoms with E-state index in [1.165, 1.54) is 4.90 Å². The molecule has 0 fully saturated rings. The van der Waals surface area contributed by atoms with Crippen LogP contribution in [0.25, 0.3) is 0 Å². The van der Waals surface area contributed by atoms with Gasteiger partial charge in [0.25, 0.3) is 5.91 Å². The molecule has 5 nitrogen and oxygen atoms in total. The van der Waals surface area contributed by atoms with Crippen molar-refractivity contribution >= 4 is 11.9 Å². The van der Waals surface area contributed by atoms with Crippen molar-refractivity contribution in [3.63, 3.8) is 0 Å². The Morgan fingerprint density at radius 3 is 2.62 bits per heavy atom. The van der Waals surface area contributed by atoms with Gasteiger partial charge in [-0.2, -0.15) is 0 Å². The van der Waals surface area contributed by atoms with E-state index in [-0.39, 0.29) is 12.5 Å². The summed E-state index contributed by atoms with van der Waals surface area (Å²) in [6.45, 7) is 2.06. The molecule has 124 valence electrons. The molecule has 0 radical (unpaired) electrons. The zero-order valence-corrected chi connectivity index (χ0v) is 13.4. The molecule has 1 N–H and O–H groups in total. The molecular weight excluding hydrogens is 306 g/mol. The van der Waals surface area contributed by atoms with Crippen molar-refractivity contribution in [3.8, 4) is 5.75 Å². The quantitative estimate of drug-likeness (QED) is 0.937. The number of carbonyl (C=O) groups excluding carboxylic acids is 1. The van der Waals surface area contributed by atoms with E-state index in [1.54, 1.807) is 6.07 Å². The summed E-state index contributed by atoms with van der Waals surface area (Å²) in [7, 11) is 0. The summed E-state index contributed by atoms with van der Waals surface area (Å²) < 4.78 is 5.53. The molecule has 24 heavy (non-hydrogen) atoms. The van der Waals surface area contributed by atoms with Gasteiger partial charge in [0, 0.05) is 13.0 Å². The molecule has 1 heterocycles. The van der Waals surface area contributed by atoms with Crippen molar-refractivity contribution in [2.24, 2.45) is 0 Å². The summed E-state index contributed by atoms with van der Waals surface area (Å²) in [4.78, 5) is 25.5. The molecule has 1 aliphatic heterocycles. The van der Waals surface area contributed by atoms with E-state index in [0.29, 0.717) is 18.7 Å². The second-order valence-electron chi connectivity index (χ2n) is 5.95. The topological polar surface area (TPSA) is 66.8 Å². The van der Waals surface area contributed by atoms with Crippen LogP contribution in [0.2, 0.25) is 0 Å². The average Bonchev–Trinajstić information content (AvgIpc) is 2.58. The summed E-state index contributed by atoms with van der Waals surface area (Å²) in [5.41, 5.74) is 3.00. The number of hydrogen-bond donors (Lipinski definition) is 1. The Morgan fingerprint density at radius 1 is 1.17 bits per heavy atom. The number of amides is 1. The summed E-state index contributed by atoms with van der Waals surface area (Å²) in [6.07, 6.45) is 0.321. The molecule has 3 rings (SSSR count). The lowest BCUT2D eigenvalue weighted by Gasteiger charge is -2.34. The van der Waals surface area contributed by atoms with E-state index in [4.69, 9.17) is 4.74 Å². The van der Waals surface area contributed by atoms with Gasteiger partial charge in [-0.3, -0.25) is 4.79 Å². The number of fused-ring (bicyclic) bond motifs is 1. The molecule has 1 amide bonds. The molecule has 0 bridgehead atoms. The van der Waals surface area contributed by atoms with Crippen LogP contribution in [0, 0.1) is 6.92 Å². The number of carbonyl (C=O) groups is 2. The third-order valence-electron chi connectivity index (χ3n) is 4.21. The summed E-state index contributed by atoms with van der Waals surface area (Å²) in [5, 5.41) is 9.47. The number of aryl methyl sites for hydroxylation is 1. The molecule has 2 aromatic carbocycles. The fourth-order valence-electron chi connectivity index (χ4n) is 2.94. The highest BCUT2D eigenvalue weighted by Gasteiger charge is 2.34. The highest BCUT2D eigenvalue weighted by Crippen LogP contribution is 2.24. The minimum absolute atomic E-state index is 0.171. The van der Waals surface area contributed by atoms with Crippen LogP contribution in [0.5, 0.6) is 5.75 Å². The monoisotopic (exact) mass is 325 g/mol. The van der Waals surface area contributed by atoms with Crippen LogP contribution in [0.3, 0.4) is 0 Å². The average molecular weight is 325 g/mol. The molecule has 0 spiro atoms. The fraction of sp³-hybridized carbons (Fsp3) is 0.263. The van der Waals surface area contributed by atoms with Crippen LogP contribution < -0.4 is 4.74 Å². The standard InChI is InChI=1S/C19H19NO4/c1-13-5-4-8-16(9-13)24-12-18(21)20-11-15-7-3-2-6-14(15)10-17(20)19(22)23/h2-9,17H,10-12H2,1H3,(H,22,23). The molecule has 0 aromatic heterocycles. The predicted molar refractivity (Wildman–Crippen MR) is 88.8 cm³/mol. The van der Waals surface area contributed by atoms with Gasteiger partial charge in [0.15, 0.2) is 6.61 Å². The van der Waals surface area contributed by atoms with E-state index >= 15 is 0 Å². The van der Waals surface area contributed by atoms with Crippen LogP contribution in [0.15, 0.2) is 48.5 Å². The zero-order chi connectivity index (χ0) is 17.1. The van der Waals surface area contributed by atoms with Crippen molar-refractivity contribution in [2.75, 3.05) is 6.61 Å². The van der Waals surface area contributed by atoms with E-state index in [9.17, 15) is 14.7 Å². The number of benzene rings is 2. The lowest BCUT2D eigenvalue weighted by atomic mass is 9.94. The first kappa shape index (κ1) is 16.1. The highest BCUT2D eigenvalue weighted by atomic mass is 16.5. The number of ether oxygens (including phenoxy) is 1. The maximum Gasteiger partial charge on any atom is 0.326 e. The fourth-order valence-corrected chi connectivity index (χ4v) is 2.94. The van der Waals surface area contributed by atoms with Crippen molar-refractivity contribution in [3.05, 3.63) is 65.2 Å². The van der Waals surface area contributed by atoms with Gasteiger partial charge in [-0.25, -0.2) is 4.79 Å². The van der Waals surface area contributed by atoms with Gasteiger partial charge in [-0.05, 0) is 35.7 Å². The number of carboxylic acids is 1. The molecule has 2 aromatic rings. The minimum Gasteiger partial charge on any atom is -0.484 e. The molecular formula is C19H19NO4. The summed E-state index contributed by atoms with van der Waals surface area (Å²) in [5.74, 6) is -0.709. The van der Waals surface area contributed by atoms with Crippen LogP contribution >= 0.6 is 0 Å². The Morgan fingerprint density at radius 2 is 1.92 bits per heavy atom. The Balaban J connectivity index is 1.73. The van der Waals surface area contributed by atoms with Crippen molar-refractivity contribution < 1.29 is 19.4 Å². The number of hydrogen-bond acceptors (Lipinski definition) is 3. The lowest BCUT2D eigenvalue weighted by molar-refractivity contribution is -0.152. The van der Waals surface area contributed by atoms with Crippen LogP contribution in [0.1, 0.15) is 16.7 Å². The molecule has 0 saturated heterocycles. The highest BCUT2D eigenvalue weighted by molar-refractivity contribution is 5.85. The van der Waals surface area contributed by atoms with E-state index in [2.05, 4.69) is 0 Å².